The number of ether oxygens (including phenoxy) is 1. The normalized spacial score (nSPS) is 11.1. The molecule has 0 saturated carbocycles. The highest BCUT2D eigenvalue weighted by atomic mass is 16.5. The number of benzene rings is 2. The molecule has 1 heterocycles. The number of para-hydroxylation sites is 1. The van der Waals surface area contributed by atoms with Gasteiger partial charge in [-0.25, -0.2) is 4.79 Å². The Balaban J connectivity index is 1.95. The lowest BCUT2D eigenvalue weighted by atomic mass is 10.2. The van der Waals surface area contributed by atoms with E-state index in [2.05, 4.69) is 16.7 Å². The molecule has 1 aromatic heterocycles. The van der Waals surface area contributed by atoms with E-state index in [0.29, 0.717) is 18.1 Å². The van der Waals surface area contributed by atoms with Gasteiger partial charge >= 0.3 is 5.97 Å². The number of carbonyl (C=O) groups is 1. The molecule has 0 spiro atoms. The van der Waals surface area contributed by atoms with Crippen LogP contribution in [0.15, 0.2) is 60.8 Å². The van der Waals surface area contributed by atoms with Crippen molar-refractivity contribution in [3.8, 4) is 0 Å². The van der Waals surface area contributed by atoms with Gasteiger partial charge in [0.2, 0.25) is 0 Å². The molecule has 0 aliphatic rings. The van der Waals surface area contributed by atoms with E-state index in [0.717, 1.165) is 17.4 Å². The van der Waals surface area contributed by atoms with Crippen molar-refractivity contribution in [2.75, 3.05) is 6.61 Å². The summed E-state index contributed by atoms with van der Waals surface area (Å²) in [5, 5.41) is 0.942. The summed E-state index contributed by atoms with van der Waals surface area (Å²) in [4.78, 5) is 12.4. The standard InChI is InChI=1S/C20H21NO2/c1-15(2)14-23-20(22)18-13-21(12-16-8-4-3-5-9-16)19-11-7-6-10-17(18)19/h3-11,13,15H,12,14H2,1-2H3. The van der Waals surface area contributed by atoms with Gasteiger partial charge in [-0.15, -0.1) is 0 Å². The summed E-state index contributed by atoms with van der Waals surface area (Å²) in [6.45, 7) is 5.24. The Hall–Kier alpha value is -2.55. The Morgan fingerprint density at radius 1 is 1.04 bits per heavy atom. The van der Waals surface area contributed by atoms with Crippen molar-refractivity contribution in [2.24, 2.45) is 5.92 Å². The van der Waals surface area contributed by atoms with Gasteiger partial charge in [0, 0.05) is 23.6 Å². The molecule has 23 heavy (non-hydrogen) atoms. The fourth-order valence-corrected chi connectivity index (χ4v) is 2.64. The highest BCUT2D eigenvalue weighted by Crippen LogP contribution is 2.23. The molecule has 3 heteroatoms. The molecule has 2 aromatic carbocycles. The third-order valence-electron chi connectivity index (χ3n) is 3.75. The second-order valence-electron chi connectivity index (χ2n) is 6.17. The van der Waals surface area contributed by atoms with E-state index < -0.39 is 0 Å². The number of rotatable bonds is 5. The molecular weight excluding hydrogens is 286 g/mol. The van der Waals surface area contributed by atoms with Crippen molar-refractivity contribution < 1.29 is 9.53 Å². The molecule has 0 unspecified atom stereocenters. The summed E-state index contributed by atoms with van der Waals surface area (Å²) in [7, 11) is 0. The SMILES string of the molecule is CC(C)COC(=O)c1cn(Cc2ccccc2)c2ccccc12. The molecule has 0 aliphatic carbocycles. The minimum absolute atomic E-state index is 0.248. The third-order valence-corrected chi connectivity index (χ3v) is 3.75. The van der Waals surface area contributed by atoms with E-state index >= 15 is 0 Å². The molecule has 3 aromatic rings. The van der Waals surface area contributed by atoms with Crippen molar-refractivity contribution in [3.05, 3.63) is 71.9 Å². The first kappa shape index (κ1) is 15.3. The van der Waals surface area contributed by atoms with Crippen LogP contribution in [0.1, 0.15) is 29.8 Å². The average Bonchev–Trinajstić information content (AvgIpc) is 2.92. The second kappa shape index (κ2) is 6.69. The molecule has 118 valence electrons. The number of esters is 1. The topological polar surface area (TPSA) is 31.2 Å². The number of fused-ring (bicyclic) bond motifs is 1. The Bertz CT molecular complexity index is 803. The van der Waals surface area contributed by atoms with Crippen LogP contribution in [0.2, 0.25) is 0 Å². The molecule has 0 bridgehead atoms. The molecule has 0 N–H and O–H groups in total. The summed E-state index contributed by atoms with van der Waals surface area (Å²) >= 11 is 0. The van der Waals surface area contributed by atoms with Crippen molar-refractivity contribution in [3.63, 3.8) is 0 Å². The smallest absolute Gasteiger partial charge is 0.340 e. The Morgan fingerprint density at radius 2 is 1.74 bits per heavy atom. The number of hydrogen-bond donors (Lipinski definition) is 0. The van der Waals surface area contributed by atoms with Gasteiger partial charge in [0.1, 0.15) is 0 Å². The Kier molecular flexibility index (Phi) is 4.47. The zero-order valence-corrected chi connectivity index (χ0v) is 13.5. The highest BCUT2D eigenvalue weighted by molar-refractivity contribution is 6.04. The first-order valence-corrected chi connectivity index (χ1v) is 7.94. The van der Waals surface area contributed by atoms with Crippen molar-refractivity contribution >= 4 is 16.9 Å². The first-order chi connectivity index (χ1) is 11.1. The summed E-state index contributed by atoms with van der Waals surface area (Å²) in [6, 6.07) is 18.2. The summed E-state index contributed by atoms with van der Waals surface area (Å²) in [6.07, 6.45) is 1.90. The fourth-order valence-electron chi connectivity index (χ4n) is 2.64. The highest BCUT2D eigenvalue weighted by Gasteiger charge is 2.16. The monoisotopic (exact) mass is 307 g/mol. The average molecular weight is 307 g/mol. The van der Waals surface area contributed by atoms with Crippen molar-refractivity contribution in [1.29, 1.82) is 0 Å². The molecule has 0 saturated heterocycles. The third kappa shape index (κ3) is 3.45. The van der Waals surface area contributed by atoms with Gasteiger partial charge in [-0.05, 0) is 17.5 Å². The van der Waals surface area contributed by atoms with E-state index in [1.54, 1.807) is 0 Å². The largest absolute Gasteiger partial charge is 0.462 e. The van der Waals surface area contributed by atoms with Crippen LogP contribution in [0.3, 0.4) is 0 Å². The van der Waals surface area contributed by atoms with E-state index in [4.69, 9.17) is 4.74 Å². The zero-order chi connectivity index (χ0) is 16.2. The molecular formula is C20H21NO2. The van der Waals surface area contributed by atoms with Gasteiger partial charge in [-0.3, -0.25) is 0 Å². The van der Waals surface area contributed by atoms with Crippen LogP contribution in [0, 0.1) is 5.92 Å². The fraction of sp³-hybridized carbons (Fsp3) is 0.250. The van der Waals surface area contributed by atoms with Gasteiger partial charge in [0.15, 0.2) is 0 Å². The number of nitrogens with zero attached hydrogens (tertiary/aromatic N) is 1. The maximum absolute atomic E-state index is 12.4. The molecule has 0 radical (unpaired) electrons. The lowest BCUT2D eigenvalue weighted by Gasteiger charge is -2.06. The quantitative estimate of drug-likeness (QED) is 0.650. The van der Waals surface area contributed by atoms with Gasteiger partial charge < -0.3 is 9.30 Å². The predicted octanol–water partition coefficient (Wildman–Crippen LogP) is 4.50. The van der Waals surface area contributed by atoms with E-state index in [1.165, 1.54) is 5.56 Å². The lowest BCUT2D eigenvalue weighted by molar-refractivity contribution is 0.0461. The maximum atomic E-state index is 12.4. The van der Waals surface area contributed by atoms with Crippen LogP contribution in [-0.2, 0) is 11.3 Å². The summed E-state index contributed by atoms with van der Waals surface area (Å²) in [5.41, 5.74) is 2.89. The molecule has 0 fully saturated rings. The summed E-state index contributed by atoms with van der Waals surface area (Å²) < 4.78 is 7.52. The van der Waals surface area contributed by atoms with Crippen molar-refractivity contribution in [2.45, 2.75) is 20.4 Å². The molecule has 0 amide bonds. The summed E-state index contributed by atoms with van der Waals surface area (Å²) in [5.74, 6) is 0.0818. The minimum atomic E-state index is -0.248. The van der Waals surface area contributed by atoms with Gasteiger partial charge in [-0.2, -0.15) is 0 Å². The molecule has 0 aliphatic heterocycles. The molecule has 0 atom stereocenters. The number of aromatic nitrogens is 1. The van der Waals surface area contributed by atoms with E-state index in [1.807, 2.05) is 62.5 Å². The second-order valence-corrected chi connectivity index (χ2v) is 6.17. The minimum Gasteiger partial charge on any atom is -0.462 e. The van der Waals surface area contributed by atoms with Gasteiger partial charge in [0.25, 0.3) is 0 Å². The molecule has 3 nitrogen and oxygen atoms in total. The van der Waals surface area contributed by atoms with E-state index in [9.17, 15) is 4.79 Å². The van der Waals surface area contributed by atoms with Crippen LogP contribution >= 0.6 is 0 Å². The van der Waals surface area contributed by atoms with Gasteiger partial charge in [-0.1, -0.05) is 62.4 Å². The van der Waals surface area contributed by atoms with Crippen molar-refractivity contribution in [1.82, 2.24) is 4.57 Å². The number of hydrogen-bond acceptors (Lipinski definition) is 2. The van der Waals surface area contributed by atoms with Crippen LogP contribution in [0.4, 0.5) is 0 Å². The van der Waals surface area contributed by atoms with Crippen LogP contribution in [-0.4, -0.2) is 17.1 Å². The number of carbonyl (C=O) groups excluding carboxylic acids is 1. The van der Waals surface area contributed by atoms with E-state index in [-0.39, 0.29) is 5.97 Å². The lowest BCUT2D eigenvalue weighted by Crippen LogP contribution is -2.09. The van der Waals surface area contributed by atoms with Crippen LogP contribution in [0.25, 0.3) is 10.9 Å². The first-order valence-electron chi connectivity index (χ1n) is 7.94. The predicted molar refractivity (Wildman–Crippen MR) is 92.6 cm³/mol. The van der Waals surface area contributed by atoms with Gasteiger partial charge in [0.05, 0.1) is 12.2 Å². The Morgan fingerprint density at radius 3 is 2.48 bits per heavy atom. The molecule has 3 rings (SSSR count). The van der Waals surface area contributed by atoms with Crippen LogP contribution < -0.4 is 0 Å². The zero-order valence-electron chi connectivity index (χ0n) is 13.5. The Labute approximate surface area is 136 Å². The van der Waals surface area contributed by atoms with Crippen LogP contribution in [0.5, 0.6) is 0 Å². The maximum Gasteiger partial charge on any atom is 0.340 e.